The van der Waals surface area contributed by atoms with Crippen LogP contribution in [0.1, 0.15) is 44.6 Å². The summed E-state index contributed by atoms with van der Waals surface area (Å²) in [4.78, 5) is 0. The lowest BCUT2D eigenvalue weighted by Crippen LogP contribution is -2.26. The van der Waals surface area contributed by atoms with Crippen molar-refractivity contribution in [2.75, 3.05) is 6.54 Å². The Hall–Kier alpha value is -1.09. The first-order chi connectivity index (χ1) is 9.17. The van der Waals surface area contributed by atoms with Gasteiger partial charge in [-0.1, -0.05) is 26.2 Å². The van der Waals surface area contributed by atoms with Crippen molar-refractivity contribution in [2.45, 2.75) is 45.6 Å². The van der Waals surface area contributed by atoms with Crippen LogP contribution in [0, 0.1) is 17.7 Å². The summed E-state index contributed by atoms with van der Waals surface area (Å²) in [7, 11) is 0. The maximum atomic E-state index is 13.1. The number of rotatable bonds is 5. The Morgan fingerprint density at radius 3 is 2.47 bits per heavy atom. The third-order valence-electron chi connectivity index (χ3n) is 4.25. The monoisotopic (exact) mass is 265 g/mol. The van der Waals surface area contributed by atoms with Crippen LogP contribution in [0.25, 0.3) is 0 Å². The van der Waals surface area contributed by atoms with Crippen molar-refractivity contribution < 1.29 is 9.50 Å². The lowest BCUT2D eigenvalue weighted by Gasteiger charge is -2.27. The fourth-order valence-electron chi connectivity index (χ4n) is 3.00. The Bertz CT molecular complexity index is 379. The molecule has 2 N–H and O–H groups in total. The van der Waals surface area contributed by atoms with Crippen LogP contribution in [0.5, 0.6) is 5.75 Å². The highest BCUT2D eigenvalue weighted by atomic mass is 19.1. The molecule has 1 aromatic rings. The van der Waals surface area contributed by atoms with E-state index in [9.17, 15) is 9.50 Å². The third-order valence-corrected chi connectivity index (χ3v) is 4.25. The second-order valence-corrected chi connectivity index (χ2v) is 5.74. The normalized spacial score (nSPS) is 23.5. The third kappa shape index (κ3) is 4.50. The molecule has 0 atom stereocenters. The number of nitrogens with one attached hydrogen (secondary N) is 1. The van der Waals surface area contributed by atoms with Gasteiger partial charge in [0.05, 0.1) is 0 Å². The van der Waals surface area contributed by atoms with Gasteiger partial charge in [-0.2, -0.15) is 0 Å². The van der Waals surface area contributed by atoms with E-state index in [0.29, 0.717) is 6.54 Å². The summed E-state index contributed by atoms with van der Waals surface area (Å²) < 4.78 is 13.1. The number of benzene rings is 1. The highest BCUT2D eigenvalue weighted by Gasteiger charge is 2.19. The molecule has 3 heteroatoms. The zero-order valence-electron chi connectivity index (χ0n) is 11.7. The molecule has 0 aliphatic heterocycles. The van der Waals surface area contributed by atoms with Crippen LogP contribution in [-0.2, 0) is 6.54 Å². The first-order valence-corrected chi connectivity index (χ1v) is 7.36. The summed E-state index contributed by atoms with van der Waals surface area (Å²) in [6.07, 6.45) is 6.62. The van der Waals surface area contributed by atoms with E-state index in [0.717, 1.165) is 30.0 Å². The molecule has 1 aliphatic rings. The predicted octanol–water partition coefficient (Wildman–Crippen LogP) is 3.84. The minimum absolute atomic E-state index is 0.000235. The van der Waals surface area contributed by atoms with Gasteiger partial charge in [0.15, 0.2) is 0 Å². The smallest absolute Gasteiger partial charge is 0.127 e. The van der Waals surface area contributed by atoms with E-state index in [1.54, 1.807) is 6.07 Å². The highest BCUT2D eigenvalue weighted by Crippen LogP contribution is 2.30. The molecular weight excluding hydrogens is 241 g/mol. The number of halogens is 1. The highest BCUT2D eigenvalue weighted by molar-refractivity contribution is 5.28. The van der Waals surface area contributed by atoms with E-state index in [1.807, 2.05) is 0 Å². The van der Waals surface area contributed by atoms with Crippen LogP contribution in [-0.4, -0.2) is 11.7 Å². The molecule has 0 aromatic heterocycles. The van der Waals surface area contributed by atoms with Gasteiger partial charge < -0.3 is 10.4 Å². The van der Waals surface area contributed by atoms with E-state index in [1.165, 1.54) is 38.2 Å². The molecule has 19 heavy (non-hydrogen) atoms. The van der Waals surface area contributed by atoms with E-state index in [4.69, 9.17) is 0 Å². The number of phenolic OH excluding ortho intramolecular Hbond substituents is 1. The van der Waals surface area contributed by atoms with Gasteiger partial charge in [-0.3, -0.25) is 0 Å². The minimum atomic E-state index is -0.375. The summed E-state index contributed by atoms with van der Waals surface area (Å²) in [6, 6.07) is 4.22. The van der Waals surface area contributed by atoms with Gasteiger partial charge >= 0.3 is 0 Å². The second-order valence-electron chi connectivity index (χ2n) is 5.74. The first kappa shape index (κ1) is 14.3. The van der Waals surface area contributed by atoms with Gasteiger partial charge in [-0.15, -0.1) is 0 Å². The summed E-state index contributed by atoms with van der Waals surface area (Å²) in [5.41, 5.74) is 0.805. The summed E-state index contributed by atoms with van der Waals surface area (Å²) in [5, 5.41) is 12.7. The first-order valence-electron chi connectivity index (χ1n) is 7.36. The zero-order valence-corrected chi connectivity index (χ0v) is 11.7. The molecule has 1 fully saturated rings. The standard InChI is InChI=1S/C16H24FNO/c1-2-12-3-5-13(6-4-12)10-18-11-14-7-15(17)9-16(19)8-14/h7-9,12-13,18-19H,2-6,10-11H2,1H3. The average molecular weight is 265 g/mol. The van der Waals surface area contributed by atoms with E-state index < -0.39 is 0 Å². The molecule has 0 spiro atoms. The topological polar surface area (TPSA) is 32.3 Å². The van der Waals surface area contributed by atoms with Crippen molar-refractivity contribution >= 4 is 0 Å². The van der Waals surface area contributed by atoms with Crippen molar-refractivity contribution in [1.29, 1.82) is 0 Å². The molecule has 0 amide bonds. The van der Waals surface area contributed by atoms with Crippen LogP contribution < -0.4 is 5.32 Å². The van der Waals surface area contributed by atoms with Gasteiger partial charge in [0, 0.05) is 12.6 Å². The summed E-state index contributed by atoms with van der Waals surface area (Å²) in [5.74, 6) is 1.31. The minimum Gasteiger partial charge on any atom is -0.508 e. The molecule has 1 aliphatic carbocycles. The van der Waals surface area contributed by atoms with Gasteiger partial charge in [0.25, 0.3) is 0 Å². The molecular formula is C16H24FNO. The van der Waals surface area contributed by atoms with Crippen molar-refractivity contribution in [3.63, 3.8) is 0 Å². The summed E-state index contributed by atoms with van der Waals surface area (Å²) >= 11 is 0. The van der Waals surface area contributed by atoms with E-state index in [2.05, 4.69) is 12.2 Å². The lowest BCUT2D eigenvalue weighted by atomic mass is 9.81. The molecule has 2 rings (SSSR count). The van der Waals surface area contributed by atoms with Gasteiger partial charge in [-0.05, 0) is 48.9 Å². The number of phenols is 1. The zero-order chi connectivity index (χ0) is 13.7. The maximum absolute atomic E-state index is 13.1. The summed E-state index contributed by atoms with van der Waals surface area (Å²) in [6.45, 7) is 3.90. The van der Waals surface area contributed by atoms with Crippen molar-refractivity contribution in [3.05, 3.63) is 29.6 Å². The van der Waals surface area contributed by atoms with Crippen molar-refractivity contribution in [2.24, 2.45) is 11.8 Å². The Labute approximate surface area is 115 Å². The Morgan fingerprint density at radius 1 is 1.16 bits per heavy atom. The molecule has 0 saturated heterocycles. The van der Waals surface area contributed by atoms with E-state index >= 15 is 0 Å². The van der Waals surface area contributed by atoms with Crippen LogP contribution in [0.2, 0.25) is 0 Å². The van der Waals surface area contributed by atoms with Crippen molar-refractivity contribution in [1.82, 2.24) is 5.32 Å². The van der Waals surface area contributed by atoms with Crippen LogP contribution in [0.15, 0.2) is 18.2 Å². The SMILES string of the molecule is CCC1CCC(CNCc2cc(O)cc(F)c2)CC1. The maximum Gasteiger partial charge on any atom is 0.127 e. The Balaban J connectivity index is 1.72. The lowest BCUT2D eigenvalue weighted by molar-refractivity contribution is 0.262. The molecule has 0 heterocycles. The fraction of sp³-hybridized carbons (Fsp3) is 0.625. The second kappa shape index (κ2) is 6.90. The molecule has 1 aromatic carbocycles. The van der Waals surface area contributed by atoms with Gasteiger partial charge in [-0.25, -0.2) is 4.39 Å². The molecule has 2 nitrogen and oxygen atoms in total. The van der Waals surface area contributed by atoms with Crippen molar-refractivity contribution in [3.8, 4) is 5.75 Å². The van der Waals surface area contributed by atoms with Gasteiger partial charge in [0.1, 0.15) is 11.6 Å². The fourth-order valence-corrected chi connectivity index (χ4v) is 3.00. The quantitative estimate of drug-likeness (QED) is 0.848. The number of aromatic hydroxyl groups is 1. The van der Waals surface area contributed by atoms with Crippen LogP contribution >= 0.6 is 0 Å². The largest absolute Gasteiger partial charge is 0.508 e. The Kier molecular flexibility index (Phi) is 5.20. The van der Waals surface area contributed by atoms with Gasteiger partial charge in [0.2, 0.25) is 0 Å². The molecule has 0 radical (unpaired) electrons. The average Bonchev–Trinajstić information content (AvgIpc) is 2.38. The molecule has 0 bridgehead atoms. The Morgan fingerprint density at radius 2 is 1.84 bits per heavy atom. The predicted molar refractivity (Wildman–Crippen MR) is 75.5 cm³/mol. The number of hydrogen-bond acceptors (Lipinski definition) is 2. The molecule has 1 saturated carbocycles. The van der Waals surface area contributed by atoms with Crippen LogP contribution in [0.4, 0.5) is 4.39 Å². The molecule has 0 unspecified atom stereocenters. The van der Waals surface area contributed by atoms with E-state index in [-0.39, 0.29) is 11.6 Å². The number of hydrogen-bond donors (Lipinski definition) is 2. The molecule has 106 valence electrons. The van der Waals surface area contributed by atoms with Crippen LogP contribution in [0.3, 0.4) is 0 Å².